The molecule has 6 rings (SSSR count). The third-order valence-electron chi connectivity index (χ3n) is 6.85. The minimum Gasteiger partial charge on any atom is -0.484 e. The van der Waals surface area contributed by atoms with E-state index in [2.05, 4.69) is 25.6 Å². The van der Waals surface area contributed by atoms with Gasteiger partial charge in [0.1, 0.15) is 42.4 Å². The normalized spacial score (nSPS) is 25.8. The first-order chi connectivity index (χ1) is 18.4. The zero-order valence-electron chi connectivity index (χ0n) is 19.9. The molecule has 3 aliphatic rings. The molecule has 2 aromatic heterocycles. The van der Waals surface area contributed by atoms with Gasteiger partial charge in [0.05, 0.1) is 29.8 Å². The number of aryl methyl sites for hydroxylation is 1. The summed E-state index contributed by atoms with van der Waals surface area (Å²) < 4.78 is 37.5. The summed E-state index contributed by atoms with van der Waals surface area (Å²) in [5.41, 5.74) is 2.15. The molecular weight excluding hydrogens is 525 g/mol. The number of carbonyl (C=O) groups is 1. The van der Waals surface area contributed by atoms with Crippen molar-refractivity contribution in [1.82, 2.24) is 20.3 Å². The van der Waals surface area contributed by atoms with Crippen LogP contribution in [0.3, 0.4) is 0 Å². The average Bonchev–Trinajstić information content (AvgIpc) is 3.65. The van der Waals surface area contributed by atoms with Crippen LogP contribution in [0.4, 0.5) is 10.2 Å². The largest absolute Gasteiger partial charge is 0.484 e. The zero-order valence-corrected chi connectivity index (χ0v) is 20.7. The van der Waals surface area contributed by atoms with Gasteiger partial charge in [-0.05, 0) is 30.5 Å². The first-order valence-corrected chi connectivity index (χ1v) is 12.5. The van der Waals surface area contributed by atoms with Crippen molar-refractivity contribution in [1.29, 1.82) is 0 Å². The van der Waals surface area contributed by atoms with E-state index >= 15 is 4.39 Å². The van der Waals surface area contributed by atoms with E-state index < -0.39 is 36.8 Å². The van der Waals surface area contributed by atoms with E-state index in [1.165, 1.54) is 6.07 Å². The van der Waals surface area contributed by atoms with Crippen molar-refractivity contribution < 1.29 is 38.3 Å². The summed E-state index contributed by atoms with van der Waals surface area (Å²) in [4.78, 5) is 23.5. The quantitative estimate of drug-likeness (QED) is 0.258. The number of aliphatic hydroxyl groups is 2. The maximum Gasteiger partial charge on any atom is 0.296 e. The number of fused-ring (bicyclic) bond motifs is 3. The van der Waals surface area contributed by atoms with Gasteiger partial charge in [-0.25, -0.2) is 9.37 Å². The van der Waals surface area contributed by atoms with Gasteiger partial charge in [0.25, 0.3) is 11.9 Å². The van der Waals surface area contributed by atoms with Crippen molar-refractivity contribution in [2.45, 2.75) is 43.3 Å². The lowest BCUT2D eigenvalue weighted by Gasteiger charge is -2.17. The number of aromatic amines is 1. The van der Waals surface area contributed by atoms with Crippen molar-refractivity contribution in [3.05, 3.63) is 40.2 Å². The summed E-state index contributed by atoms with van der Waals surface area (Å²) in [6, 6.07) is 4.43. The Balaban J connectivity index is 1.16. The van der Waals surface area contributed by atoms with E-state index in [-0.39, 0.29) is 43.7 Å². The predicted octanol–water partition coefficient (Wildman–Crippen LogP) is 1.20. The van der Waals surface area contributed by atoms with Crippen molar-refractivity contribution in [3.8, 4) is 11.8 Å². The number of amides is 1. The van der Waals surface area contributed by atoms with Gasteiger partial charge < -0.3 is 44.8 Å². The molecule has 0 radical (unpaired) electrons. The minimum atomic E-state index is -0.679. The van der Waals surface area contributed by atoms with Crippen LogP contribution in [-0.2, 0) is 20.7 Å². The topological polar surface area (TPSA) is 160 Å². The smallest absolute Gasteiger partial charge is 0.296 e. The van der Waals surface area contributed by atoms with Crippen molar-refractivity contribution in [3.63, 3.8) is 0 Å². The summed E-state index contributed by atoms with van der Waals surface area (Å²) >= 11 is 6.49. The fraction of sp³-hybridized carbons (Fsp3) is 0.458. The lowest BCUT2D eigenvalue weighted by Crippen LogP contribution is -2.34. The Kier molecular flexibility index (Phi) is 6.70. The van der Waals surface area contributed by atoms with Crippen LogP contribution < -0.4 is 20.1 Å². The number of nitrogens with one attached hydrogen (secondary N) is 3. The van der Waals surface area contributed by atoms with Crippen LogP contribution in [-0.4, -0.2) is 82.0 Å². The highest BCUT2D eigenvalue weighted by molar-refractivity contribution is 6.33. The van der Waals surface area contributed by atoms with Gasteiger partial charge in [-0.2, -0.15) is 4.98 Å². The Morgan fingerprint density at radius 1 is 1.24 bits per heavy atom. The standard InChI is InChI=1S/C24H25ClFN5O7/c25-12-5-15-23(31-24(29-15)38-17-7-37-20-16(33)6-36-21(17)20)30-22(12)28-14-2-1-10-3-11(4-13(26)19(10)14)35-8-18(34)27-9-32/h3-5,14,16-17,20-21,32-33H,1-2,6-9H2,(H,27,34)(H2,28,29,30,31)/t14?,16-,17-,20?,21?/m1/s1. The van der Waals surface area contributed by atoms with E-state index in [0.717, 1.165) is 5.56 Å². The number of anilines is 1. The van der Waals surface area contributed by atoms with Gasteiger partial charge in [0, 0.05) is 11.6 Å². The molecule has 3 unspecified atom stereocenters. The Morgan fingerprint density at radius 2 is 2.08 bits per heavy atom. The van der Waals surface area contributed by atoms with Crippen LogP contribution in [0.5, 0.6) is 11.8 Å². The molecule has 0 spiro atoms. The molecule has 2 aliphatic heterocycles. The molecule has 2 saturated heterocycles. The molecule has 0 saturated carbocycles. The third-order valence-corrected chi connectivity index (χ3v) is 7.13. The number of benzene rings is 1. The summed E-state index contributed by atoms with van der Waals surface area (Å²) in [5.74, 6) is -0.406. The maximum atomic E-state index is 15.1. The van der Waals surface area contributed by atoms with Crippen molar-refractivity contribution >= 4 is 34.5 Å². The molecule has 0 bridgehead atoms. The van der Waals surface area contributed by atoms with Gasteiger partial charge in [-0.3, -0.25) is 4.79 Å². The lowest BCUT2D eigenvalue weighted by atomic mass is 10.1. The second-order valence-electron chi connectivity index (χ2n) is 9.31. The van der Waals surface area contributed by atoms with E-state index in [4.69, 9.17) is 35.7 Å². The number of nitrogens with zero attached hydrogens (tertiary/aromatic N) is 2. The zero-order chi connectivity index (χ0) is 26.4. The SMILES string of the molecule is O=C(COc1cc(F)c2c(c1)CCC2Nc1nc2nc(O[C@@H]3COC4C3OC[C@H]4O)[nH]c2cc1Cl)NCO. The summed E-state index contributed by atoms with van der Waals surface area (Å²) in [7, 11) is 0. The lowest BCUT2D eigenvalue weighted by molar-refractivity contribution is -0.124. The Labute approximate surface area is 220 Å². The maximum absolute atomic E-state index is 15.1. The first kappa shape index (κ1) is 25.1. The molecule has 2 fully saturated rings. The Hall–Kier alpha value is -3.23. The molecule has 5 N–H and O–H groups in total. The number of H-pyrrole nitrogens is 1. The molecule has 1 aromatic carbocycles. The highest BCUT2D eigenvalue weighted by atomic mass is 35.5. The number of rotatable bonds is 8. The van der Waals surface area contributed by atoms with Crippen LogP contribution in [0.2, 0.25) is 5.02 Å². The van der Waals surface area contributed by atoms with Crippen LogP contribution in [0.15, 0.2) is 18.2 Å². The Morgan fingerprint density at radius 3 is 2.92 bits per heavy atom. The molecule has 14 heteroatoms. The van der Waals surface area contributed by atoms with Crippen LogP contribution in [0.25, 0.3) is 11.2 Å². The predicted molar refractivity (Wildman–Crippen MR) is 131 cm³/mol. The fourth-order valence-electron chi connectivity index (χ4n) is 5.11. The van der Waals surface area contributed by atoms with Gasteiger partial charge in [-0.1, -0.05) is 11.6 Å². The van der Waals surface area contributed by atoms with Gasteiger partial charge in [0.2, 0.25) is 0 Å². The average molecular weight is 550 g/mol. The highest BCUT2D eigenvalue weighted by Gasteiger charge is 2.48. The number of pyridine rings is 1. The van der Waals surface area contributed by atoms with Crippen LogP contribution >= 0.6 is 11.6 Å². The van der Waals surface area contributed by atoms with Crippen molar-refractivity contribution in [2.24, 2.45) is 0 Å². The first-order valence-electron chi connectivity index (χ1n) is 12.1. The minimum absolute atomic E-state index is 0.197. The van der Waals surface area contributed by atoms with Gasteiger partial charge >= 0.3 is 0 Å². The molecule has 5 atom stereocenters. The number of aromatic nitrogens is 3. The number of carbonyl (C=O) groups excluding carboxylic acids is 1. The molecule has 1 aliphatic carbocycles. The molecule has 4 heterocycles. The van der Waals surface area contributed by atoms with Gasteiger partial charge in [-0.15, -0.1) is 0 Å². The molecule has 38 heavy (non-hydrogen) atoms. The van der Waals surface area contributed by atoms with E-state index in [1.807, 2.05) is 0 Å². The molecule has 202 valence electrons. The highest BCUT2D eigenvalue weighted by Crippen LogP contribution is 2.39. The number of imidazole rings is 1. The van der Waals surface area contributed by atoms with E-state index in [1.54, 1.807) is 12.1 Å². The molecule has 1 amide bonds. The van der Waals surface area contributed by atoms with Crippen LogP contribution in [0.1, 0.15) is 23.6 Å². The molecule has 12 nitrogen and oxygen atoms in total. The monoisotopic (exact) mass is 549 g/mol. The second-order valence-corrected chi connectivity index (χ2v) is 9.72. The second kappa shape index (κ2) is 10.2. The van der Waals surface area contributed by atoms with E-state index in [9.17, 15) is 9.90 Å². The van der Waals surface area contributed by atoms with Crippen molar-refractivity contribution in [2.75, 3.05) is 31.9 Å². The molecular formula is C24H25ClFN5O7. The van der Waals surface area contributed by atoms with E-state index in [0.29, 0.717) is 40.4 Å². The molecule has 3 aromatic rings. The van der Waals surface area contributed by atoms with Crippen LogP contribution in [0, 0.1) is 5.82 Å². The summed E-state index contributed by atoms with van der Waals surface area (Å²) in [6.07, 6.45) is -0.721. The number of ether oxygens (including phenoxy) is 4. The summed E-state index contributed by atoms with van der Waals surface area (Å²) in [6.45, 7) is -0.374. The third kappa shape index (κ3) is 4.71. The number of hydrogen-bond donors (Lipinski definition) is 5. The number of hydrogen-bond acceptors (Lipinski definition) is 10. The Bertz CT molecular complexity index is 1370. The van der Waals surface area contributed by atoms with Gasteiger partial charge in [0.15, 0.2) is 18.4 Å². The number of aliphatic hydroxyl groups excluding tert-OH is 2. The summed E-state index contributed by atoms with van der Waals surface area (Å²) in [5, 5.41) is 24.4. The fourth-order valence-corrected chi connectivity index (χ4v) is 5.32. The number of halogens is 2.